The minimum Gasteiger partial charge on any atom is -0.309 e. The Morgan fingerprint density at radius 1 is 0.412 bits per heavy atom. The predicted octanol–water partition coefficient (Wildman–Crippen LogP) is 13.2. The lowest BCUT2D eigenvalue weighted by atomic mass is 9.67. The maximum Gasteiger partial charge on any atom is 0.0714 e. The summed E-state index contributed by atoms with van der Waals surface area (Å²) in [5, 5.41) is 5.19. The van der Waals surface area contributed by atoms with Gasteiger partial charge in [-0.05, 0) is 81.4 Å². The molecular formula is C49H31NS. The monoisotopic (exact) mass is 665 g/mol. The fourth-order valence-corrected chi connectivity index (χ4v) is 10.2. The minimum atomic E-state index is -0.441. The van der Waals surface area contributed by atoms with Crippen LogP contribution in [0.15, 0.2) is 188 Å². The van der Waals surface area contributed by atoms with Gasteiger partial charge < -0.3 is 4.57 Å². The predicted molar refractivity (Wildman–Crippen MR) is 216 cm³/mol. The first-order valence-electron chi connectivity index (χ1n) is 17.6. The van der Waals surface area contributed by atoms with Gasteiger partial charge in [0.2, 0.25) is 0 Å². The number of nitrogens with zero attached hydrogens (tertiary/aromatic N) is 1. The molecule has 0 amide bonds. The highest BCUT2D eigenvalue weighted by molar-refractivity contribution is 7.26. The van der Waals surface area contributed by atoms with Crippen LogP contribution < -0.4 is 0 Å². The van der Waals surface area contributed by atoms with Crippen LogP contribution in [-0.4, -0.2) is 4.57 Å². The molecule has 0 atom stereocenters. The summed E-state index contributed by atoms with van der Waals surface area (Å²) in [5.74, 6) is 0. The van der Waals surface area contributed by atoms with Crippen LogP contribution in [-0.2, 0) is 5.41 Å². The molecule has 238 valence electrons. The van der Waals surface area contributed by atoms with Gasteiger partial charge in [-0.15, -0.1) is 11.3 Å². The molecule has 51 heavy (non-hydrogen) atoms. The molecule has 0 saturated carbocycles. The first-order valence-corrected chi connectivity index (χ1v) is 18.4. The zero-order valence-corrected chi connectivity index (χ0v) is 28.6. The molecule has 2 heterocycles. The number of hydrogen-bond acceptors (Lipinski definition) is 1. The number of para-hydroxylation sites is 2. The topological polar surface area (TPSA) is 4.93 Å². The fourth-order valence-electron chi connectivity index (χ4n) is 8.94. The van der Waals surface area contributed by atoms with E-state index in [2.05, 4.69) is 193 Å². The summed E-state index contributed by atoms with van der Waals surface area (Å²) in [6, 6.07) is 69.6. The molecule has 0 bridgehead atoms. The van der Waals surface area contributed by atoms with Crippen molar-refractivity contribution in [2.75, 3.05) is 0 Å². The van der Waals surface area contributed by atoms with E-state index in [9.17, 15) is 0 Å². The Labute approximate surface area is 300 Å². The Bertz CT molecular complexity index is 2910. The fraction of sp³-hybridized carbons (Fsp3) is 0.0204. The molecule has 0 N–H and O–H groups in total. The molecule has 2 heteroatoms. The SMILES string of the molecule is c1ccc(-n2c3ccccc3c3cc(-c4ccc5c(c4)-c4c(ccc6c4sc4ccccc46)C5(c4ccccc4)c4ccccc4)ccc32)cc1. The second-order valence-corrected chi connectivity index (χ2v) is 14.7. The molecule has 1 aliphatic carbocycles. The average Bonchev–Trinajstić information content (AvgIpc) is 3.85. The zero-order chi connectivity index (χ0) is 33.5. The van der Waals surface area contributed by atoms with Gasteiger partial charge >= 0.3 is 0 Å². The molecule has 0 fully saturated rings. The summed E-state index contributed by atoms with van der Waals surface area (Å²) in [6.07, 6.45) is 0. The van der Waals surface area contributed by atoms with E-state index in [4.69, 9.17) is 0 Å². The van der Waals surface area contributed by atoms with Gasteiger partial charge in [-0.1, -0.05) is 146 Å². The van der Waals surface area contributed by atoms with Crippen LogP contribution in [0.3, 0.4) is 0 Å². The maximum atomic E-state index is 2.48. The van der Waals surface area contributed by atoms with Crippen LogP contribution in [0.5, 0.6) is 0 Å². The second kappa shape index (κ2) is 10.9. The summed E-state index contributed by atoms with van der Waals surface area (Å²) in [6.45, 7) is 0. The molecule has 0 radical (unpaired) electrons. The van der Waals surface area contributed by atoms with Crippen LogP contribution in [0.2, 0.25) is 0 Å². The van der Waals surface area contributed by atoms with Gasteiger partial charge in [0.05, 0.1) is 16.4 Å². The van der Waals surface area contributed by atoms with E-state index in [0.717, 1.165) is 0 Å². The largest absolute Gasteiger partial charge is 0.309 e. The molecule has 0 saturated heterocycles. The average molecular weight is 666 g/mol. The third-order valence-electron chi connectivity index (χ3n) is 11.1. The Morgan fingerprint density at radius 2 is 1.00 bits per heavy atom. The molecule has 10 aromatic rings. The quantitative estimate of drug-likeness (QED) is 0.176. The van der Waals surface area contributed by atoms with Crippen molar-refractivity contribution in [1.29, 1.82) is 0 Å². The van der Waals surface area contributed by atoms with E-state index >= 15 is 0 Å². The number of rotatable bonds is 4. The summed E-state index contributed by atoms with van der Waals surface area (Å²) < 4.78 is 5.08. The number of thiophene rings is 1. The van der Waals surface area contributed by atoms with E-state index in [1.54, 1.807) is 0 Å². The molecule has 2 aromatic heterocycles. The minimum absolute atomic E-state index is 0.441. The van der Waals surface area contributed by atoms with Crippen molar-refractivity contribution in [1.82, 2.24) is 4.57 Å². The molecule has 8 aromatic carbocycles. The lowest BCUT2D eigenvalue weighted by Crippen LogP contribution is -2.28. The van der Waals surface area contributed by atoms with Crippen LogP contribution in [0.4, 0.5) is 0 Å². The number of fused-ring (bicyclic) bond motifs is 10. The van der Waals surface area contributed by atoms with Gasteiger partial charge in [0, 0.05) is 42.2 Å². The van der Waals surface area contributed by atoms with E-state index in [1.165, 1.54) is 92.2 Å². The third-order valence-corrected chi connectivity index (χ3v) is 12.3. The molecule has 0 unspecified atom stereocenters. The van der Waals surface area contributed by atoms with Crippen molar-refractivity contribution in [3.63, 3.8) is 0 Å². The zero-order valence-electron chi connectivity index (χ0n) is 27.8. The molecule has 11 rings (SSSR count). The van der Waals surface area contributed by atoms with Gasteiger partial charge in [-0.3, -0.25) is 0 Å². The first-order chi connectivity index (χ1) is 25.3. The highest BCUT2D eigenvalue weighted by Gasteiger charge is 2.47. The second-order valence-electron chi connectivity index (χ2n) is 13.6. The van der Waals surface area contributed by atoms with Crippen molar-refractivity contribution in [2.24, 2.45) is 0 Å². The van der Waals surface area contributed by atoms with Crippen molar-refractivity contribution in [2.45, 2.75) is 5.41 Å². The van der Waals surface area contributed by atoms with Gasteiger partial charge in [0.25, 0.3) is 0 Å². The van der Waals surface area contributed by atoms with Gasteiger partial charge in [-0.25, -0.2) is 0 Å². The van der Waals surface area contributed by atoms with Gasteiger partial charge in [0.1, 0.15) is 0 Å². The molecule has 0 aliphatic heterocycles. The van der Waals surface area contributed by atoms with Crippen LogP contribution in [0.25, 0.3) is 69.9 Å². The summed E-state index contributed by atoms with van der Waals surface area (Å²) in [7, 11) is 0. The highest BCUT2D eigenvalue weighted by atomic mass is 32.1. The summed E-state index contributed by atoms with van der Waals surface area (Å²) in [5.41, 5.74) is 13.6. The van der Waals surface area contributed by atoms with Crippen LogP contribution in [0, 0.1) is 0 Å². The van der Waals surface area contributed by atoms with Crippen molar-refractivity contribution < 1.29 is 0 Å². The molecule has 1 nitrogen and oxygen atoms in total. The van der Waals surface area contributed by atoms with Crippen molar-refractivity contribution >= 4 is 53.3 Å². The normalized spacial score (nSPS) is 13.3. The van der Waals surface area contributed by atoms with Crippen molar-refractivity contribution in [3.05, 3.63) is 210 Å². The molecule has 1 aliphatic rings. The number of aromatic nitrogens is 1. The lowest BCUT2D eigenvalue weighted by Gasteiger charge is -2.34. The smallest absolute Gasteiger partial charge is 0.0714 e. The molecule has 0 spiro atoms. The van der Waals surface area contributed by atoms with Crippen LogP contribution in [0.1, 0.15) is 22.3 Å². The van der Waals surface area contributed by atoms with E-state index in [1.807, 2.05) is 11.3 Å². The van der Waals surface area contributed by atoms with Crippen molar-refractivity contribution in [3.8, 4) is 27.9 Å². The Hall–Kier alpha value is -6.22. The number of benzene rings is 8. The van der Waals surface area contributed by atoms with E-state index in [0.29, 0.717) is 0 Å². The lowest BCUT2D eigenvalue weighted by molar-refractivity contribution is 0.769. The van der Waals surface area contributed by atoms with E-state index < -0.39 is 5.41 Å². The summed E-state index contributed by atoms with van der Waals surface area (Å²) in [4.78, 5) is 0. The summed E-state index contributed by atoms with van der Waals surface area (Å²) >= 11 is 1.92. The maximum absolute atomic E-state index is 2.48. The Balaban J connectivity index is 1.21. The highest BCUT2D eigenvalue weighted by Crippen LogP contribution is 2.59. The number of hydrogen-bond donors (Lipinski definition) is 0. The van der Waals surface area contributed by atoms with E-state index in [-0.39, 0.29) is 0 Å². The molecular weight excluding hydrogens is 635 g/mol. The van der Waals surface area contributed by atoms with Crippen LogP contribution >= 0.6 is 11.3 Å². The van der Waals surface area contributed by atoms with Gasteiger partial charge in [-0.2, -0.15) is 0 Å². The Kier molecular flexibility index (Phi) is 6.11. The standard InChI is InChI=1S/C49H31NS/c1-4-14-34(15-5-1)49(35-16-6-2-7-17-35)42-27-24-32(31-41(42)47-43(49)28-26-39-38-21-11-13-23-46(38)51-48(39)47)33-25-29-45-40(30-33)37-20-10-12-22-44(37)50(45)36-18-8-3-9-19-36/h1-31H. The third kappa shape index (κ3) is 3.97. The Morgan fingerprint density at radius 3 is 1.76 bits per heavy atom. The van der Waals surface area contributed by atoms with Gasteiger partial charge in [0.15, 0.2) is 0 Å². The first kappa shape index (κ1) is 28.6.